The van der Waals surface area contributed by atoms with Gasteiger partial charge in [0, 0.05) is 6.08 Å². The van der Waals surface area contributed by atoms with E-state index in [4.69, 9.17) is 4.74 Å². The van der Waals surface area contributed by atoms with Crippen molar-refractivity contribution in [1.29, 1.82) is 0 Å². The molecule has 0 aromatic heterocycles. The van der Waals surface area contributed by atoms with Crippen LogP contribution in [-0.4, -0.2) is 12.6 Å². The van der Waals surface area contributed by atoms with Gasteiger partial charge in [-0.1, -0.05) is 61.9 Å². The monoisotopic (exact) mass is 230 g/mol. The second kappa shape index (κ2) is 8.34. The highest BCUT2D eigenvalue weighted by molar-refractivity contribution is 5.82. The molecule has 0 fully saturated rings. The minimum atomic E-state index is -0.281. The molecule has 0 saturated carbocycles. The Morgan fingerprint density at radius 3 is 2.71 bits per heavy atom. The van der Waals surface area contributed by atoms with E-state index in [0.29, 0.717) is 6.61 Å². The molecular formula is C15H18O2. The Hall–Kier alpha value is -1.83. The van der Waals surface area contributed by atoms with Gasteiger partial charge in [-0.15, -0.1) is 0 Å². The third kappa shape index (κ3) is 6.36. The summed E-state index contributed by atoms with van der Waals surface area (Å²) in [6, 6.07) is 9.93. The average molecular weight is 230 g/mol. The summed E-state index contributed by atoms with van der Waals surface area (Å²) in [4.78, 5) is 11.2. The van der Waals surface area contributed by atoms with Crippen molar-refractivity contribution < 1.29 is 9.53 Å². The highest BCUT2D eigenvalue weighted by atomic mass is 16.5. The zero-order valence-corrected chi connectivity index (χ0v) is 10.1. The van der Waals surface area contributed by atoms with Gasteiger partial charge in [-0.3, -0.25) is 0 Å². The first kappa shape index (κ1) is 13.2. The molecule has 0 bridgehead atoms. The summed E-state index contributed by atoms with van der Waals surface area (Å²) in [6.45, 7) is 2.56. The maximum atomic E-state index is 11.2. The predicted octanol–water partition coefficient (Wildman–Crippen LogP) is 3.60. The van der Waals surface area contributed by atoms with Crippen LogP contribution in [0.15, 0.2) is 48.6 Å². The second-order valence-electron chi connectivity index (χ2n) is 3.65. The van der Waals surface area contributed by atoms with Crippen molar-refractivity contribution >= 4 is 12.0 Å². The van der Waals surface area contributed by atoms with Gasteiger partial charge in [0.05, 0.1) is 6.61 Å². The smallest absolute Gasteiger partial charge is 0.330 e. The van der Waals surface area contributed by atoms with Gasteiger partial charge in [0.2, 0.25) is 0 Å². The Labute approximate surface area is 103 Å². The fourth-order valence-corrected chi connectivity index (χ4v) is 1.23. The molecule has 1 aromatic rings. The largest absolute Gasteiger partial charge is 0.463 e. The molecule has 2 heteroatoms. The zero-order chi connectivity index (χ0) is 12.3. The third-order valence-electron chi connectivity index (χ3n) is 2.17. The number of hydrogen-bond donors (Lipinski definition) is 0. The van der Waals surface area contributed by atoms with Crippen LogP contribution in [0.2, 0.25) is 0 Å². The Morgan fingerprint density at radius 1 is 1.24 bits per heavy atom. The van der Waals surface area contributed by atoms with Crippen molar-refractivity contribution in [3.63, 3.8) is 0 Å². The van der Waals surface area contributed by atoms with Crippen molar-refractivity contribution in [2.75, 3.05) is 6.61 Å². The number of rotatable bonds is 6. The topological polar surface area (TPSA) is 26.3 Å². The van der Waals surface area contributed by atoms with E-state index in [1.54, 1.807) is 6.08 Å². The molecule has 90 valence electrons. The van der Waals surface area contributed by atoms with Gasteiger partial charge < -0.3 is 4.74 Å². The van der Waals surface area contributed by atoms with E-state index < -0.39 is 0 Å². The number of esters is 1. The molecule has 2 nitrogen and oxygen atoms in total. The van der Waals surface area contributed by atoms with Gasteiger partial charge in [0.25, 0.3) is 0 Å². The summed E-state index contributed by atoms with van der Waals surface area (Å²) >= 11 is 0. The lowest BCUT2D eigenvalue weighted by Gasteiger charge is -1.98. The number of carbonyl (C=O) groups is 1. The standard InChI is InChI=1S/C15H18O2/c1-2-3-13-17-15(16)12-8-7-11-14-9-5-4-6-10-14/h4-12H,2-3,13H2,1H3/b11-7-,12-8+. The number of allylic oxidation sites excluding steroid dienone is 2. The second-order valence-corrected chi connectivity index (χ2v) is 3.65. The van der Waals surface area contributed by atoms with Crippen molar-refractivity contribution in [3.05, 3.63) is 54.1 Å². The molecule has 1 rings (SSSR count). The number of carbonyl (C=O) groups excluding carboxylic acids is 1. The summed E-state index contributed by atoms with van der Waals surface area (Å²) in [5.41, 5.74) is 1.11. The highest BCUT2D eigenvalue weighted by Crippen LogP contribution is 2.00. The highest BCUT2D eigenvalue weighted by Gasteiger charge is 1.93. The van der Waals surface area contributed by atoms with Crippen molar-refractivity contribution in [2.45, 2.75) is 19.8 Å². The lowest BCUT2D eigenvalue weighted by molar-refractivity contribution is -0.137. The van der Waals surface area contributed by atoms with E-state index in [1.165, 1.54) is 6.08 Å². The molecule has 0 aliphatic heterocycles. The first-order valence-corrected chi connectivity index (χ1v) is 5.89. The molecule has 0 N–H and O–H groups in total. The Bertz CT molecular complexity index is 377. The predicted molar refractivity (Wildman–Crippen MR) is 70.5 cm³/mol. The zero-order valence-electron chi connectivity index (χ0n) is 10.1. The van der Waals surface area contributed by atoms with E-state index in [0.717, 1.165) is 18.4 Å². The van der Waals surface area contributed by atoms with Crippen LogP contribution in [0.25, 0.3) is 6.08 Å². The quantitative estimate of drug-likeness (QED) is 0.323. The van der Waals surface area contributed by atoms with Gasteiger partial charge in [-0.2, -0.15) is 0 Å². The Morgan fingerprint density at radius 2 is 2.00 bits per heavy atom. The normalized spacial score (nSPS) is 11.1. The van der Waals surface area contributed by atoms with Crippen LogP contribution in [0.1, 0.15) is 25.3 Å². The molecule has 0 saturated heterocycles. The van der Waals surface area contributed by atoms with E-state index in [1.807, 2.05) is 42.5 Å². The minimum Gasteiger partial charge on any atom is -0.463 e. The number of ether oxygens (including phenoxy) is 1. The van der Waals surface area contributed by atoms with Gasteiger partial charge >= 0.3 is 5.97 Å². The van der Waals surface area contributed by atoms with Crippen LogP contribution in [0.5, 0.6) is 0 Å². The SMILES string of the molecule is CCCCOC(=O)/C=C/C=C\c1ccccc1. The molecule has 0 heterocycles. The molecule has 1 aromatic carbocycles. The molecule has 17 heavy (non-hydrogen) atoms. The molecular weight excluding hydrogens is 212 g/mol. The lowest BCUT2D eigenvalue weighted by atomic mass is 10.2. The summed E-state index contributed by atoms with van der Waals surface area (Å²) in [6.07, 6.45) is 8.85. The molecule has 0 aliphatic carbocycles. The summed E-state index contributed by atoms with van der Waals surface area (Å²) in [5, 5.41) is 0. The van der Waals surface area contributed by atoms with E-state index in [-0.39, 0.29) is 5.97 Å². The molecule has 0 radical (unpaired) electrons. The van der Waals surface area contributed by atoms with Gasteiger partial charge in [-0.05, 0) is 12.0 Å². The average Bonchev–Trinajstić information content (AvgIpc) is 2.36. The van der Waals surface area contributed by atoms with E-state index >= 15 is 0 Å². The molecule has 0 unspecified atom stereocenters. The Balaban J connectivity index is 2.30. The van der Waals surface area contributed by atoms with Crippen molar-refractivity contribution in [1.82, 2.24) is 0 Å². The number of unbranched alkanes of at least 4 members (excludes halogenated alkanes) is 1. The van der Waals surface area contributed by atoms with Crippen molar-refractivity contribution in [2.24, 2.45) is 0 Å². The summed E-state index contributed by atoms with van der Waals surface area (Å²) < 4.78 is 4.98. The van der Waals surface area contributed by atoms with Gasteiger partial charge in [-0.25, -0.2) is 4.79 Å². The van der Waals surface area contributed by atoms with Crippen LogP contribution < -0.4 is 0 Å². The molecule has 0 spiro atoms. The molecule has 0 amide bonds. The fraction of sp³-hybridized carbons (Fsp3) is 0.267. The first-order chi connectivity index (χ1) is 8.33. The lowest BCUT2D eigenvalue weighted by Crippen LogP contribution is -2.01. The maximum absolute atomic E-state index is 11.2. The van der Waals surface area contributed by atoms with E-state index in [2.05, 4.69) is 6.92 Å². The first-order valence-electron chi connectivity index (χ1n) is 5.89. The minimum absolute atomic E-state index is 0.281. The molecule has 0 atom stereocenters. The van der Waals surface area contributed by atoms with Crippen LogP contribution in [0, 0.1) is 0 Å². The Kier molecular flexibility index (Phi) is 6.49. The van der Waals surface area contributed by atoms with Crippen LogP contribution in [0.4, 0.5) is 0 Å². The third-order valence-corrected chi connectivity index (χ3v) is 2.17. The van der Waals surface area contributed by atoms with Gasteiger partial charge in [0.1, 0.15) is 0 Å². The summed E-state index contributed by atoms with van der Waals surface area (Å²) in [7, 11) is 0. The molecule has 0 aliphatic rings. The summed E-state index contributed by atoms with van der Waals surface area (Å²) in [5.74, 6) is -0.281. The van der Waals surface area contributed by atoms with Crippen molar-refractivity contribution in [3.8, 4) is 0 Å². The van der Waals surface area contributed by atoms with Crippen LogP contribution in [0.3, 0.4) is 0 Å². The number of hydrogen-bond acceptors (Lipinski definition) is 2. The number of benzene rings is 1. The fourth-order valence-electron chi connectivity index (χ4n) is 1.23. The van der Waals surface area contributed by atoms with E-state index in [9.17, 15) is 4.79 Å². The van der Waals surface area contributed by atoms with Gasteiger partial charge in [0.15, 0.2) is 0 Å². The maximum Gasteiger partial charge on any atom is 0.330 e. The van der Waals surface area contributed by atoms with Crippen LogP contribution >= 0.6 is 0 Å². The van der Waals surface area contributed by atoms with Crippen LogP contribution in [-0.2, 0) is 9.53 Å².